The molecule has 2 aromatic heterocycles. The topological polar surface area (TPSA) is 262 Å². The fraction of sp³-hybridized carbons (Fsp3) is 0.625. The summed E-state index contributed by atoms with van der Waals surface area (Å²) in [5.41, 5.74) is 11.1. The number of anilines is 2. The first-order chi connectivity index (χ1) is 15.2. The Hall–Kier alpha value is -2.54. The number of ketones is 1. The maximum Gasteiger partial charge on any atom is 0.241 e. The van der Waals surface area contributed by atoms with Gasteiger partial charge in [-0.15, -0.1) is 0 Å². The zero-order valence-corrected chi connectivity index (χ0v) is 16.6. The lowest BCUT2D eigenvalue weighted by Crippen LogP contribution is -2.47. The van der Waals surface area contributed by atoms with E-state index in [-0.39, 0.29) is 22.9 Å². The van der Waals surface area contributed by atoms with E-state index in [4.69, 9.17) is 15.6 Å². The van der Waals surface area contributed by atoms with Crippen LogP contribution in [0.1, 0.15) is 6.23 Å². The Bertz CT molecular complexity index is 944. The quantitative estimate of drug-likeness (QED) is 0.149. The van der Waals surface area contributed by atoms with Gasteiger partial charge in [-0.3, -0.25) is 14.8 Å². The Morgan fingerprint density at radius 1 is 1.22 bits per heavy atom. The number of carbonyl (C=O) groups excluding carboxylic acids is 1. The second-order valence-electron chi connectivity index (χ2n) is 7.12. The molecule has 11 N–H and O–H groups in total. The Labute approximate surface area is 179 Å². The molecular weight excluding hydrogens is 434 g/mol. The van der Waals surface area contributed by atoms with Crippen LogP contribution in [-0.4, -0.2) is 117 Å². The fourth-order valence-electron chi connectivity index (χ4n) is 3.11. The number of aromatic nitrogens is 4. The maximum absolute atomic E-state index is 11.9. The van der Waals surface area contributed by atoms with Crippen LogP contribution in [-0.2, 0) is 9.53 Å². The van der Waals surface area contributed by atoms with Crippen molar-refractivity contribution in [3.63, 3.8) is 0 Å². The number of hydrogen-bond acceptors (Lipinski definition) is 15. The van der Waals surface area contributed by atoms with Gasteiger partial charge in [0.1, 0.15) is 42.1 Å². The van der Waals surface area contributed by atoms with Gasteiger partial charge in [-0.05, 0) is 0 Å². The molecule has 3 rings (SSSR count). The third-order valence-corrected chi connectivity index (χ3v) is 4.94. The maximum atomic E-state index is 11.9. The van der Waals surface area contributed by atoms with Gasteiger partial charge in [-0.1, -0.05) is 0 Å². The third kappa shape index (κ3) is 4.63. The summed E-state index contributed by atoms with van der Waals surface area (Å²) >= 11 is 0. The first-order valence-electron chi connectivity index (χ1n) is 9.48. The van der Waals surface area contributed by atoms with Gasteiger partial charge in [-0.25, -0.2) is 10.4 Å². The number of nitrogens with one attached hydrogen (secondary N) is 2. The van der Waals surface area contributed by atoms with E-state index in [2.05, 4.69) is 25.8 Å². The van der Waals surface area contributed by atoms with Gasteiger partial charge >= 0.3 is 0 Å². The van der Waals surface area contributed by atoms with Crippen LogP contribution >= 0.6 is 0 Å². The molecule has 1 aliphatic rings. The van der Waals surface area contributed by atoms with E-state index in [0.717, 1.165) is 0 Å². The number of Topliss-reactive ketones (excluding diaryl/α,β-unsaturated/α-hetero) is 1. The van der Waals surface area contributed by atoms with E-state index in [1.54, 1.807) is 0 Å². The number of ether oxygens (including phenoxy) is 1. The van der Waals surface area contributed by atoms with Crippen LogP contribution in [0.4, 0.5) is 11.8 Å². The van der Waals surface area contributed by atoms with Crippen LogP contribution in [0.2, 0.25) is 0 Å². The van der Waals surface area contributed by atoms with Crippen LogP contribution in [0, 0.1) is 0 Å². The molecule has 7 atom stereocenters. The van der Waals surface area contributed by atoms with Gasteiger partial charge < -0.3 is 46.2 Å². The van der Waals surface area contributed by atoms with Gasteiger partial charge in [0.25, 0.3) is 0 Å². The van der Waals surface area contributed by atoms with E-state index < -0.39 is 68.4 Å². The van der Waals surface area contributed by atoms with Crippen LogP contribution in [0.25, 0.3) is 11.2 Å². The number of nitrogens with two attached hydrogens (primary N) is 1. The first-order valence-corrected chi connectivity index (χ1v) is 9.48. The van der Waals surface area contributed by atoms with Crippen molar-refractivity contribution in [2.45, 2.75) is 42.9 Å². The minimum absolute atomic E-state index is 0.0577. The predicted octanol–water partition coefficient (Wildman–Crippen LogP) is -5.42. The normalized spacial score (nSPS) is 26.2. The molecule has 1 saturated heterocycles. The monoisotopic (exact) mass is 459 g/mol. The molecule has 16 heteroatoms. The van der Waals surface area contributed by atoms with Crippen LogP contribution in [0.15, 0.2) is 6.33 Å². The summed E-state index contributed by atoms with van der Waals surface area (Å²) in [4.78, 5) is 24.1. The summed E-state index contributed by atoms with van der Waals surface area (Å²) in [6.07, 6.45) is -9.09. The zero-order valence-electron chi connectivity index (χ0n) is 16.6. The average Bonchev–Trinajstić information content (AvgIpc) is 3.33. The molecule has 178 valence electrons. The molecule has 2 aromatic rings. The van der Waals surface area contributed by atoms with Crippen molar-refractivity contribution in [1.82, 2.24) is 24.9 Å². The van der Waals surface area contributed by atoms with E-state index in [1.807, 2.05) is 0 Å². The average molecular weight is 459 g/mol. The summed E-state index contributed by atoms with van der Waals surface area (Å²) in [5.74, 6) is -1.08. The molecule has 0 amide bonds. The van der Waals surface area contributed by atoms with Gasteiger partial charge in [0, 0.05) is 0 Å². The lowest BCUT2D eigenvalue weighted by molar-refractivity contribution is -0.139. The number of nitrogen functional groups attached to an aromatic ring is 1. The summed E-state index contributed by atoms with van der Waals surface area (Å²) in [7, 11) is 0. The summed E-state index contributed by atoms with van der Waals surface area (Å²) in [5, 5.41) is 66.8. The number of hydrazine groups is 1. The van der Waals surface area contributed by atoms with E-state index in [9.17, 15) is 35.4 Å². The molecule has 1 aliphatic heterocycles. The molecule has 3 heterocycles. The molecule has 0 aromatic carbocycles. The molecule has 0 radical (unpaired) electrons. The number of aliphatic hydroxyl groups is 7. The Morgan fingerprint density at radius 3 is 2.56 bits per heavy atom. The van der Waals surface area contributed by atoms with Gasteiger partial charge in [0.2, 0.25) is 5.95 Å². The van der Waals surface area contributed by atoms with Crippen LogP contribution < -0.4 is 16.6 Å². The molecule has 0 unspecified atom stereocenters. The molecule has 0 bridgehead atoms. The van der Waals surface area contributed by atoms with Crippen molar-refractivity contribution in [3.05, 3.63) is 6.33 Å². The van der Waals surface area contributed by atoms with E-state index in [1.165, 1.54) is 10.9 Å². The van der Waals surface area contributed by atoms with Gasteiger partial charge in [-0.2, -0.15) is 9.97 Å². The zero-order chi connectivity index (χ0) is 23.6. The van der Waals surface area contributed by atoms with Crippen LogP contribution in [0.5, 0.6) is 0 Å². The summed E-state index contributed by atoms with van der Waals surface area (Å²) < 4.78 is 6.75. The molecule has 0 aliphatic carbocycles. The lowest BCUT2D eigenvalue weighted by atomic mass is 10.1. The third-order valence-electron chi connectivity index (χ3n) is 4.94. The number of aliphatic hydroxyl groups excluding tert-OH is 7. The molecule has 0 saturated carbocycles. The van der Waals surface area contributed by atoms with Gasteiger partial charge in [0.15, 0.2) is 23.5 Å². The highest BCUT2D eigenvalue weighted by atomic mass is 16.6. The number of hydrogen-bond donors (Lipinski definition) is 10. The molecule has 1 fully saturated rings. The summed E-state index contributed by atoms with van der Waals surface area (Å²) in [6, 6.07) is 0. The molecule has 16 nitrogen and oxygen atoms in total. The Kier molecular flexibility index (Phi) is 7.49. The minimum atomic E-state index is -1.95. The van der Waals surface area contributed by atoms with Crippen molar-refractivity contribution in [3.8, 4) is 0 Å². The highest BCUT2D eigenvalue weighted by Crippen LogP contribution is 2.32. The molecule has 32 heavy (non-hydrogen) atoms. The van der Waals surface area contributed by atoms with Crippen LogP contribution in [0.3, 0.4) is 0 Å². The minimum Gasteiger partial charge on any atom is -0.394 e. The fourth-order valence-corrected chi connectivity index (χ4v) is 3.11. The number of fused-ring (bicyclic) bond motifs is 1. The second-order valence-corrected chi connectivity index (χ2v) is 7.12. The van der Waals surface area contributed by atoms with E-state index in [0.29, 0.717) is 0 Å². The predicted molar refractivity (Wildman–Crippen MR) is 104 cm³/mol. The number of rotatable bonds is 10. The highest BCUT2D eigenvalue weighted by Gasteiger charge is 2.44. The first kappa shape index (κ1) is 24.1. The Balaban J connectivity index is 1.71. The number of imidazole rings is 1. The number of carbonyl (C=O) groups is 1. The van der Waals surface area contributed by atoms with Crippen molar-refractivity contribution in [1.29, 1.82) is 0 Å². The largest absolute Gasteiger partial charge is 0.394 e. The SMILES string of the molecule is Nc1nc(NNCC(=O)[C@H](O)[C@@H](O)[C@@H](O)CO)nc2c1ncn2[C@@H]1O[C@H](CO)[C@@H](O)[C@H]1O. The standard InChI is InChI=1S/C16H25N7O9/c17-13-8-14(23(4-18-8)15-12(31)11(30)7(3-25)32-15)21-16(20-13)22-19-1-5(26)9(28)10(29)6(27)2-24/h4,6-7,9-12,15,19,24-25,27-31H,1-3H2,(H3,17,20,21,22)/t6-,7+,9-,10-,11+,12+,15+/m0/s1. The van der Waals surface area contributed by atoms with Crippen molar-refractivity contribution >= 4 is 28.7 Å². The van der Waals surface area contributed by atoms with E-state index >= 15 is 0 Å². The van der Waals surface area contributed by atoms with Crippen molar-refractivity contribution < 1.29 is 45.3 Å². The second kappa shape index (κ2) is 9.94. The summed E-state index contributed by atoms with van der Waals surface area (Å²) in [6.45, 7) is -1.88. The van der Waals surface area contributed by atoms with Gasteiger partial charge in [0.05, 0.1) is 26.1 Å². The molecular formula is C16H25N7O9. The van der Waals surface area contributed by atoms with Crippen molar-refractivity contribution in [2.24, 2.45) is 0 Å². The number of nitrogens with zero attached hydrogens (tertiary/aromatic N) is 4. The smallest absolute Gasteiger partial charge is 0.241 e. The highest BCUT2D eigenvalue weighted by molar-refractivity contribution is 5.85. The Morgan fingerprint density at radius 2 is 1.94 bits per heavy atom. The molecule has 0 spiro atoms. The van der Waals surface area contributed by atoms with Crippen molar-refractivity contribution in [2.75, 3.05) is 30.9 Å². The lowest BCUT2D eigenvalue weighted by Gasteiger charge is -2.20.